The summed E-state index contributed by atoms with van der Waals surface area (Å²) in [5, 5.41) is 4.72. The highest BCUT2D eigenvalue weighted by Gasteiger charge is 2.17. The van der Waals surface area contributed by atoms with Gasteiger partial charge in [-0.15, -0.1) is 11.3 Å². The normalized spacial score (nSPS) is 11.5. The van der Waals surface area contributed by atoms with Crippen LogP contribution < -0.4 is 14.8 Å². The van der Waals surface area contributed by atoms with Crippen LogP contribution in [0.1, 0.15) is 28.2 Å². The summed E-state index contributed by atoms with van der Waals surface area (Å²) >= 11 is 1.55. The van der Waals surface area contributed by atoms with Crippen LogP contribution in [0.3, 0.4) is 0 Å². The van der Waals surface area contributed by atoms with E-state index in [0.717, 1.165) is 4.88 Å². The number of ether oxygens (including phenoxy) is 3. The highest BCUT2D eigenvalue weighted by Crippen LogP contribution is 2.25. The van der Waals surface area contributed by atoms with Crippen LogP contribution in [-0.4, -0.2) is 32.7 Å². The third-order valence-electron chi connectivity index (χ3n) is 3.31. The SMILES string of the molecule is COc1ccc(C(=O)OCC(=O)N[C@@H](C)c2cccs2)c(OC)c1. The third-order valence-corrected chi connectivity index (χ3v) is 4.37. The summed E-state index contributed by atoms with van der Waals surface area (Å²) < 4.78 is 15.3. The van der Waals surface area contributed by atoms with Gasteiger partial charge in [0.25, 0.3) is 5.91 Å². The molecule has 1 aromatic heterocycles. The van der Waals surface area contributed by atoms with Crippen LogP contribution in [0.5, 0.6) is 11.5 Å². The van der Waals surface area contributed by atoms with Crippen molar-refractivity contribution in [2.75, 3.05) is 20.8 Å². The number of methoxy groups -OCH3 is 2. The molecule has 0 unspecified atom stereocenters. The Labute approximate surface area is 144 Å². The fourth-order valence-corrected chi connectivity index (χ4v) is 2.80. The minimum Gasteiger partial charge on any atom is -0.497 e. The lowest BCUT2D eigenvalue weighted by Crippen LogP contribution is -2.30. The Morgan fingerprint density at radius 1 is 1.21 bits per heavy atom. The predicted molar refractivity (Wildman–Crippen MR) is 90.7 cm³/mol. The van der Waals surface area contributed by atoms with Gasteiger partial charge in [0.05, 0.1) is 20.3 Å². The van der Waals surface area contributed by atoms with E-state index in [-0.39, 0.29) is 24.1 Å². The number of carbonyl (C=O) groups excluding carboxylic acids is 2. The van der Waals surface area contributed by atoms with Gasteiger partial charge in [0, 0.05) is 10.9 Å². The van der Waals surface area contributed by atoms with E-state index in [0.29, 0.717) is 11.5 Å². The van der Waals surface area contributed by atoms with Crippen molar-refractivity contribution in [2.24, 2.45) is 0 Å². The number of carbonyl (C=O) groups is 2. The summed E-state index contributed by atoms with van der Waals surface area (Å²) in [6, 6.07) is 8.45. The zero-order chi connectivity index (χ0) is 17.5. The molecule has 0 saturated carbocycles. The Hall–Kier alpha value is -2.54. The maximum absolute atomic E-state index is 12.1. The number of benzene rings is 1. The largest absolute Gasteiger partial charge is 0.497 e. The van der Waals surface area contributed by atoms with Gasteiger partial charge >= 0.3 is 5.97 Å². The van der Waals surface area contributed by atoms with E-state index in [4.69, 9.17) is 14.2 Å². The number of hydrogen-bond acceptors (Lipinski definition) is 6. The number of nitrogens with one attached hydrogen (secondary N) is 1. The highest BCUT2D eigenvalue weighted by atomic mass is 32.1. The van der Waals surface area contributed by atoms with Gasteiger partial charge in [0.1, 0.15) is 17.1 Å². The molecule has 0 saturated heterocycles. The zero-order valence-electron chi connectivity index (χ0n) is 13.7. The third kappa shape index (κ3) is 4.48. The highest BCUT2D eigenvalue weighted by molar-refractivity contribution is 7.10. The first kappa shape index (κ1) is 17.8. The molecule has 1 heterocycles. The van der Waals surface area contributed by atoms with Crippen molar-refractivity contribution in [2.45, 2.75) is 13.0 Å². The molecule has 7 heteroatoms. The Kier molecular flexibility index (Phi) is 6.20. The number of esters is 1. The molecule has 24 heavy (non-hydrogen) atoms. The fourth-order valence-electron chi connectivity index (χ4n) is 2.07. The first-order valence-electron chi connectivity index (χ1n) is 7.27. The summed E-state index contributed by atoms with van der Waals surface area (Å²) in [5.74, 6) is -0.109. The molecule has 0 aliphatic rings. The number of hydrogen-bond donors (Lipinski definition) is 1. The Bertz CT molecular complexity index is 699. The van der Waals surface area contributed by atoms with Crippen LogP contribution in [0.25, 0.3) is 0 Å². The van der Waals surface area contributed by atoms with E-state index in [1.165, 1.54) is 20.3 Å². The van der Waals surface area contributed by atoms with Gasteiger partial charge in [0.15, 0.2) is 6.61 Å². The van der Waals surface area contributed by atoms with Crippen molar-refractivity contribution in [3.8, 4) is 11.5 Å². The maximum atomic E-state index is 12.1. The van der Waals surface area contributed by atoms with E-state index in [9.17, 15) is 9.59 Å². The number of rotatable bonds is 7. The lowest BCUT2D eigenvalue weighted by Gasteiger charge is -2.13. The van der Waals surface area contributed by atoms with Crippen LogP contribution >= 0.6 is 11.3 Å². The van der Waals surface area contributed by atoms with E-state index >= 15 is 0 Å². The predicted octanol–water partition coefficient (Wildman–Crippen LogP) is 2.80. The van der Waals surface area contributed by atoms with Gasteiger partial charge < -0.3 is 19.5 Å². The van der Waals surface area contributed by atoms with Crippen LogP contribution in [0.15, 0.2) is 35.7 Å². The molecule has 0 aliphatic heterocycles. The van der Waals surface area contributed by atoms with Gasteiger partial charge in [-0.3, -0.25) is 4.79 Å². The molecule has 128 valence electrons. The van der Waals surface area contributed by atoms with Gasteiger partial charge in [0.2, 0.25) is 0 Å². The molecule has 2 rings (SSSR count). The number of amides is 1. The van der Waals surface area contributed by atoms with Gasteiger partial charge in [-0.1, -0.05) is 6.07 Å². The monoisotopic (exact) mass is 349 g/mol. The fraction of sp³-hybridized carbons (Fsp3) is 0.294. The summed E-state index contributed by atoms with van der Waals surface area (Å²) in [7, 11) is 2.97. The van der Waals surface area contributed by atoms with Crippen LogP contribution in [-0.2, 0) is 9.53 Å². The molecule has 1 amide bonds. The molecule has 6 nitrogen and oxygen atoms in total. The van der Waals surface area contributed by atoms with Crippen LogP contribution in [0, 0.1) is 0 Å². The molecule has 1 aromatic carbocycles. The lowest BCUT2D eigenvalue weighted by atomic mass is 10.2. The van der Waals surface area contributed by atoms with Crippen LogP contribution in [0.4, 0.5) is 0 Å². The molecule has 1 atom stereocenters. The summed E-state index contributed by atoms with van der Waals surface area (Å²) in [5.41, 5.74) is 0.234. The number of thiophene rings is 1. The Balaban J connectivity index is 1.92. The smallest absolute Gasteiger partial charge is 0.342 e. The van der Waals surface area contributed by atoms with Gasteiger partial charge in [-0.05, 0) is 30.5 Å². The van der Waals surface area contributed by atoms with Crippen molar-refractivity contribution in [3.05, 3.63) is 46.2 Å². The maximum Gasteiger partial charge on any atom is 0.342 e. The topological polar surface area (TPSA) is 73.9 Å². The molecular weight excluding hydrogens is 330 g/mol. The van der Waals surface area contributed by atoms with Crippen molar-refractivity contribution < 1.29 is 23.8 Å². The van der Waals surface area contributed by atoms with Gasteiger partial charge in [-0.2, -0.15) is 0 Å². The molecule has 2 aromatic rings. The summed E-state index contributed by atoms with van der Waals surface area (Å²) in [6.45, 7) is 1.52. The minimum absolute atomic E-state index is 0.133. The van der Waals surface area contributed by atoms with Crippen molar-refractivity contribution >= 4 is 23.2 Å². The molecule has 0 radical (unpaired) electrons. The van der Waals surface area contributed by atoms with Crippen LogP contribution in [0.2, 0.25) is 0 Å². The van der Waals surface area contributed by atoms with Crippen molar-refractivity contribution in [1.82, 2.24) is 5.32 Å². The minimum atomic E-state index is -0.631. The lowest BCUT2D eigenvalue weighted by molar-refractivity contribution is -0.124. The molecule has 0 aliphatic carbocycles. The molecule has 0 spiro atoms. The van der Waals surface area contributed by atoms with Gasteiger partial charge in [-0.25, -0.2) is 4.79 Å². The second-order valence-electron chi connectivity index (χ2n) is 4.95. The first-order valence-corrected chi connectivity index (χ1v) is 8.15. The molecular formula is C17H19NO5S. The standard InChI is InChI=1S/C17H19NO5S/c1-11(15-5-4-8-24-15)18-16(19)10-23-17(20)13-7-6-12(21-2)9-14(13)22-3/h4-9,11H,10H2,1-3H3,(H,18,19)/t11-/m0/s1. The zero-order valence-corrected chi connectivity index (χ0v) is 14.5. The quantitative estimate of drug-likeness (QED) is 0.778. The second kappa shape index (κ2) is 8.35. The van der Waals surface area contributed by atoms with E-state index < -0.39 is 5.97 Å². The van der Waals surface area contributed by atoms with E-state index in [1.807, 2.05) is 24.4 Å². The first-order chi connectivity index (χ1) is 11.5. The molecule has 0 fully saturated rings. The molecule has 0 bridgehead atoms. The van der Waals surface area contributed by atoms with E-state index in [1.54, 1.807) is 23.5 Å². The Morgan fingerprint density at radius 2 is 2.00 bits per heavy atom. The molecule has 1 N–H and O–H groups in total. The summed E-state index contributed by atoms with van der Waals surface area (Å²) in [4.78, 5) is 25.1. The van der Waals surface area contributed by atoms with E-state index in [2.05, 4.69) is 5.32 Å². The Morgan fingerprint density at radius 3 is 2.62 bits per heavy atom. The second-order valence-corrected chi connectivity index (χ2v) is 5.93. The van der Waals surface area contributed by atoms with Crippen molar-refractivity contribution in [3.63, 3.8) is 0 Å². The van der Waals surface area contributed by atoms with Crippen molar-refractivity contribution in [1.29, 1.82) is 0 Å². The summed E-state index contributed by atoms with van der Waals surface area (Å²) in [6.07, 6.45) is 0. The average molecular weight is 349 g/mol. The average Bonchev–Trinajstić information content (AvgIpc) is 3.13.